The number of amides is 2. The van der Waals surface area contributed by atoms with E-state index in [1.54, 1.807) is 12.1 Å². The lowest BCUT2D eigenvalue weighted by Gasteiger charge is -2.14. The number of thiazole rings is 1. The molecule has 2 amide bonds. The molecule has 190 valence electrons. The largest absolute Gasteiger partial charge is 0.491 e. The van der Waals surface area contributed by atoms with Gasteiger partial charge in [-0.15, -0.1) is 0 Å². The fraction of sp³-hybridized carbons (Fsp3) is 0.304. The van der Waals surface area contributed by atoms with Crippen LogP contribution in [0.3, 0.4) is 0 Å². The molecule has 2 aromatic heterocycles. The maximum atomic E-state index is 13.0. The molecule has 1 saturated carbocycles. The summed E-state index contributed by atoms with van der Waals surface area (Å²) in [4.78, 5) is 32.9. The second-order valence-electron chi connectivity index (χ2n) is 8.21. The van der Waals surface area contributed by atoms with Crippen LogP contribution >= 0.6 is 22.9 Å². The predicted molar refractivity (Wildman–Crippen MR) is 135 cm³/mol. The van der Waals surface area contributed by atoms with Crippen molar-refractivity contribution in [3.05, 3.63) is 52.1 Å². The van der Waals surface area contributed by atoms with Crippen molar-refractivity contribution in [1.82, 2.24) is 15.3 Å². The molecule has 0 unspecified atom stereocenters. The number of pyridine rings is 1. The van der Waals surface area contributed by atoms with Crippen LogP contribution in [-0.4, -0.2) is 48.6 Å². The second kappa shape index (κ2) is 10.4. The molecule has 1 fully saturated rings. The van der Waals surface area contributed by atoms with Crippen LogP contribution < -0.4 is 20.1 Å². The Bertz CT molecular complexity index is 1400. The molecule has 0 radical (unpaired) electrons. The third kappa shape index (κ3) is 5.94. The van der Waals surface area contributed by atoms with E-state index in [0.717, 1.165) is 11.3 Å². The van der Waals surface area contributed by atoms with Gasteiger partial charge in [-0.05, 0) is 51.0 Å². The van der Waals surface area contributed by atoms with Crippen molar-refractivity contribution in [2.75, 3.05) is 12.4 Å². The summed E-state index contributed by atoms with van der Waals surface area (Å²) in [5.74, 6) is -0.0335. The fourth-order valence-corrected chi connectivity index (χ4v) is 5.75. The summed E-state index contributed by atoms with van der Waals surface area (Å²) in [5.41, 5.74) is 0.219. The van der Waals surface area contributed by atoms with Crippen LogP contribution in [0.5, 0.6) is 17.2 Å². The lowest BCUT2D eigenvalue weighted by atomic mass is 10.2. The number of hydrogen-bond donors (Lipinski definition) is 2. The molecular formula is C23H23ClN4O6S2. The van der Waals surface area contributed by atoms with Crippen LogP contribution in [0.4, 0.5) is 5.13 Å². The standard InChI is InChI=1S/C23H23ClN4O6S2/c1-12(2)33-15-8-13(21(29)28-23-27-19(20(24)35-23)22(30)25-3)9-16(10-15)34-14-4-7-18(26-11-14)36(31,32)17-5-6-17/h4,7-12,17H,5-6H2,1-3H3,(H,25,30)(H,27,28,29). The molecule has 0 aliphatic heterocycles. The molecule has 36 heavy (non-hydrogen) atoms. The third-order valence-corrected chi connectivity index (χ3v) is 8.31. The van der Waals surface area contributed by atoms with Crippen molar-refractivity contribution in [2.45, 2.75) is 43.1 Å². The van der Waals surface area contributed by atoms with Crippen LogP contribution in [0.25, 0.3) is 0 Å². The van der Waals surface area contributed by atoms with Crippen molar-refractivity contribution in [1.29, 1.82) is 0 Å². The monoisotopic (exact) mass is 550 g/mol. The third-order valence-electron chi connectivity index (χ3n) is 4.96. The van der Waals surface area contributed by atoms with Gasteiger partial charge in [0.25, 0.3) is 11.8 Å². The Morgan fingerprint density at radius 2 is 1.83 bits per heavy atom. The highest BCUT2D eigenvalue weighted by Crippen LogP contribution is 2.34. The molecule has 4 rings (SSSR count). The van der Waals surface area contributed by atoms with Crippen LogP contribution in [0.1, 0.15) is 47.5 Å². The van der Waals surface area contributed by atoms with E-state index >= 15 is 0 Å². The van der Waals surface area contributed by atoms with Gasteiger partial charge in [0.1, 0.15) is 21.6 Å². The minimum Gasteiger partial charge on any atom is -0.491 e. The number of sulfone groups is 1. The number of halogens is 1. The summed E-state index contributed by atoms with van der Waals surface area (Å²) in [6.07, 6.45) is 2.45. The maximum Gasteiger partial charge on any atom is 0.272 e. The smallest absolute Gasteiger partial charge is 0.272 e. The van der Waals surface area contributed by atoms with Gasteiger partial charge in [-0.2, -0.15) is 0 Å². The Kier molecular flexibility index (Phi) is 7.48. The Hall–Kier alpha value is -3.22. The molecule has 1 aliphatic carbocycles. The Morgan fingerprint density at radius 3 is 2.44 bits per heavy atom. The summed E-state index contributed by atoms with van der Waals surface area (Å²) in [6.45, 7) is 3.68. The zero-order chi connectivity index (χ0) is 26.0. The fourth-order valence-electron chi connectivity index (χ4n) is 3.17. The molecule has 0 saturated heterocycles. The molecular weight excluding hydrogens is 528 g/mol. The first kappa shape index (κ1) is 25.9. The minimum absolute atomic E-state index is 0.00698. The number of carbonyl (C=O) groups is 2. The van der Waals surface area contributed by atoms with Gasteiger partial charge in [0.2, 0.25) is 0 Å². The molecule has 1 aliphatic rings. The van der Waals surface area contributed by atoms with Crippen LogP contribution in [-0.2, 0) is 9.84 Å². The molecule has 0 atom stereocenters. The Balaban J connectivity index is 1.56. The van der Waals surface area contributed by atoms with Gasteiger partial charge < -0.3 is 14.8 Å². The predicted octanol–water partition coefficient (Wildman–Crippen LogP) is 4.32. The Morgan fingerprint density at radius 1 is 1.11 bits per heavy atom. The molecule has 0 spiro atoms. The molecule has 2 heterocycles. The van der Waals surface area contributed by atoms with Crippen molar-refractivity contribution in [3.63, 3.8) is 0 Å². The van der Waals surface area contributed by atoms with E-state index in [4.69, 9.17) is 21.1 Å². The number of nitrogens with one attached hydrogen (secondary N) is 2. The number of nitrogens with zero attached hydrogens (tertiary/aromatic N) is 2. The van der Waals surface area contributed by atoms with E-state index in [1.807, 2.05) is 13.8 Å². The van der Waals surface area contributed by atoms with E-state index in [0.29, 0.717) is 24.3 Å². The highest BCUT2D eigenvalue weighted by Gasteiger charge is 2.37. The number of benzene rings is 1. The van der Waals surface area contributed by atoms with E-state index in [-0.39, 0.29) is 42.9 Å². The number of aromatic nitrogens is 2. The van der Waals surface area contributed by atoms with Crippen molar-refractivity contribution < 1.29 is 27.5 Å². The molecule has 0 bridgehead atoms. The number of anilines is 1. The number of hydrogen-bond acceptors (Lipinski definition) is 9. The van der Waals surface area contributed by atoms with Gasteiger partial charge in [-0.1, -0.05) is 22.9 Å². The lowest BCUT2D eigenvalue weighted by molar-refractivity contribution is 0.0957. The molecule has 10 nitrogen and oxygen atoms in total. The molecule has 2 N–H and O–H groups in total. The van der Waals surface area contributed by atoms with Crippen molar-refractivity contribution in [2.24, 2.45) is 0 Å². The highest BCUT2D eigenvalue weighted by atomic mass is 35.5. The van der Waals surface area contributed by atoms with E-state index in [1.165, 1.54) is 31.4 Å². The van der Waals surface area contributed by atoms with Gasteiger partial charge in [0.15, 0.2) is 25.7 Å². The van der Waals surface area contributed by atoms with Crippen molar-refractivity contribution in [3.8, 4) is 17.2 Å². The van der Waals surface area contributed by atoms with Crippen LogP contribution in [0.2, 0.25) is 4.34 Å². The zero-order valence-electron chi connectivity index (χ0n) is 19.6. The summed E-state index contributed by atoms with van der Waals surface area (Å²) < 4.78 is 36.5. The van der Waals surface area contributed by atoms with Crippen LogP contribution in [0.15, 0.2) is 41.6 Å². The molecule has 1 aromatic carbocycles. The summed E-state index contributed by atoms with van der Waals surface area (Å²) in [6, 6.07) is 7.56. The van der Waals surface area contributed by atoms with Gasteiger partial charge in [-0.3, -0.25) is 14.9 Å². The summed E-state index contributed by atoms with van der Waals surface area (Å²) in [5, 5.41) is 4.86. The topological polar surface area (TPSA) is 137 Å². The van der Waals surface area contributed by atoms with Crippen LogP contribution in [0, 0.1) is 0 Å². The summed E-state index contributed by atoms with van der Waals surface area (Å²) >= 11 is 7.02. The average Bonchev–Trinajstić information content (AvgIpc) is 3.62. The first-order valence-corrected chi connectivity index (χ1v) is 13.7. The lowest BCUT2D eigenvalue weighted by Crippen LogP contribution is -2.19. The average molecular weight is 551 g/mol. The minimum atomic E-state index is -3.41. The molecule has 3 aromatic rings. The van der Waals surface area contributed by atoms with E-state index in [2.05, 4.69) is 20.6 Å². The normalized spacial score (nSPS) is 13.4. The zero-order valence-corrected chi connectivity index (χ0v) is 22.0. The first-order chi connectivity index (χ1) is 17.1. The van der Waals surface area contributed by atoms with Gasteiger partial charge in [0, 0.05) is 18.7 Å². The quantitative estimate of drug-likeness (QED) is 0.402. The number of carbonyl (C=O) groups excluding carboxylic acids is 2. The van der Waals surface area contributed by atoms with Gasteiger partial charge in [-0.25, -0.2) is 18.4 Å². The highest BCUT2D eigenvalue weighted by molar-refractivity contribution is 7.92. The summed E-state index contributed by atoms with van der Waals surface area (Å²) in [7, 11) is -1.96. The molecule has 13 heteroatoms. The van der Waals surface area contributed by atoms with Gasteiger partial charge >= 0.3 is 0 Å². The van der Waals surface area contributed by atoms with Crippen molar-refractivity contribution >= 4 is 49.7 Å². The van der Waals surface area contributed by atoms with E-state index in [9.17, 15) is 18.0 Å². The second-order valence-corrected chi connectivity index (χ2v) is 12.0. The number of rotatable bonds is 9. The van der Waals surface area contributed by atoms with E-state index < -0.39 is 21.7 Å². The SMILES string of the molecule is CNC(=O)c1nc(NC(=O)c2cc(Oc3ccc(S(=O)(=O)C4CC4)nc3)cc(OC(C)C)c2)sc1Cl. The first-order valence-electron chi connectivity index (χ1n) is 11.0. The van der Waals surface area contributed by atoms with Gasteiger partial charge in [0.05, 0.1) is 17.6 Å². The maximum absolute atomic E-state index is 13.0. The number of ether oxygens (including phenoxy) is 2. The Labute approximate surface area is 216 Å².